The molecule has 0 aliphatic rings. The molecule has 0 radical (unpaired) electrons. The summed E-state index contributed by atoms with van der Waals surface area (Å²) in [7, 11) is 1.31. The van der Waals surface area contributed by atoms with Crippen molar-refractivity contribution < 1.29 is 23.1 Å². The number of likely N-dealkylation sites (N-methyl/N-ethyl adjacent to an activating group) is 1. The molecule has 98 valence electrons. The molecule has 0 bridgehead atoms. The highest BCUT2D eigenvalue weighted by molar-refractivity contribution is 5.96. The van der Waals surface area contributed by atoms with Crippen LogP contribution in [0.1, 0.15) is 17.3 Å². The van der Waals surface area contributed by atoms with Gasteiger partial charge in [0.25, 0.3) is 5.91 Å². The smallest absolute Gasteiger partial charge is 0.325 e. The normalized spacial score (nSPS) is 10.0. The summed E-state index contributed by atoms with van der Waals surface area (Å²) in [6.07, 6.45) is 0. The predicted octanol–water partition coefficient (Wildman–Crippen LogP) is 1.60. The number of carbonyl (C=O) groups is 2. The van der Waals surface area contributed by atoms with Crippen molar-refractivity contribution in [1.29, 1.82) is 0 Å². The van der Waals surface area contributed by atoms with Crippen molar-refractivity contribution in [3.8, 4) is 0 Å². The predicted molar refractivity (Wildman–Crippen MR) is 60.0 cm³/mol. The summed E-state index contributed by atoms with van der Waals surface area (Å²) in [4.78, 5) is 23.9. The quantitative estimate of drug-likeness (QED) is 0.770. The molecule has 1 aromatic rings. The summed E-state index contributed by atoms with van der Waals surface area (Å²) in [6.45, 7) is 1.50. The molecule has 0 aliphatic carbocycles. The molecule has 18 heavy (non-hydrogen) atoms. The fourth-order valence-corrected chi connectivity index (χ4v) is 1.34. The zero-order valence-electron chi connectivity index (χ0n) is 10.1. The average molecular weight is 257 g/mol. The van der Waals surface area contributed by atoms with Crippen molar-refractivity contribution in [2.75, 3.05) is 20.2 Å². The third kappa shape index (κ3) is 3.51. The van der Waals surface area contributed by atoms with Crippen LogP contribution in [0.25, 0.3) is 0 Å². The molecule has 6 heteroatoms. The second kappa shape index (κ2) is 6.09. The number of hydrogen-bond acceptors (Lipinski definition) is 3. The molecule has 4 nitrogen and oxygen atoms in total. The van der Waals surface area contributed by atoms with Crippen molar-refractivity contribution in [2.24, 2.45) is 0 Å². The number of benzene rings is 1. The molecule has 0 unspecified atom stereocenters. The number of ether oxygens (including phenoxy) is 1. The molecule has 0 aromatic heterocycles. The van der Waals surface area contributed by atoms with Crippen LogP contribution in [0, 0.1) is 11.6 Å². The molecule has 1 amide bonds. The van der Waals surface area contributed by atoms with Gasteiger partial charge in [-0.2, -0.15) is 0 Å². The third-order valence-electron chi connectivity index (χ3n) is 2.18. The van der Waals surface area contributed by atoms with Gasteiger partial charge in [0.1, 0.15) is 18.2 Å². The second-order valence-electron chi connectivity index (χ2n) is 3.59. The van der Waals surface area contributed by atoms with Crippen molar-refractivity contribution >= 4 is 11.9 Å². The Morgan fingerprint density at radius 2 is 2.00 bits per heavy atom. The summed E-state index contributed by atoms with van der Waals surface area (Å²) in [5, 5.41) is 0. The van der Waals surface area contributed by atoms with Gasteiger partial charge in [-0.05, 0) is 25.1 Å². The number of rotatable bonds is 4. The first kappa shape index (κ1) is 14.1. The molecule has 1 aromatic carbocycles. The highest BCUT2D eigenvalue weighted by Crippen LogP contribution is 2.11. The van der Waals surface area contributed by atoms with Gasteiger partial charge in [0, 0.05) is 7.05 Å². The van der Waals surface area contributed by atoms with Gasteiger partial charge in [-0.25, -0.2) is 8.78 Å². The fourth-order valence-electron chi connectivity index (χ4n) is 1.34. The summed E-state index contributed by atoms with van der Waals surface area (Å²) < 4.78 is 30.9. The lowest BCUT2D eigenvalue weighted by molar-refractivity contribution is -0.143. The van der Waals surface area contributed by atoms with Crippen LogP contribution in [0.5, 0.6) is 0 Å². The van der Waals surface area contributed by atoms with Gasteiger partial charge in [0.2, 0.25) is 0 Å². The molecular weight excluding hydrogens is 244 g/mol. The number of carbonyl (C=O) groups excluding carboxylic acids is 2. The molecular formula is C12H13F2NO3. The number of nitrogens with zero attached hydrogens (tertiary/aromatic N) is 1. The van der Waals surface area contributed by atoms with Crippen LogP contribution >= 0.6 is 0 Å². The van der Waals surface area contributed by atoms with E-state index in [1.165, 1.54) is 7.05 Å². The Balaban J connectivity index is 2.80. The second-order valence-corrected chi connectivity index (χ2v) is 3.59. The Hall–Kier alpha value is -1.98. The number of esters is 1. The standard InChI is InChI=1S/C12H13F2NO3/c1-3-18-11(16)7-15(2)12(17)9-6-8(13)4-5-10(9)14/h4-6H,3,7H2,1-2H3. The summed E-state index contributed by atoms with van der Waals surface area (Å²) in [6, 6.07) is 2.57. The van der Waals surface area contributed by atoms with E-state index in [2.05, 4.69) is 4.74 Å². The van der Waals surface area contributed by atoms with Crippen LogP contribution in [0.15, 0.2) is 18.2 Å². The van der Waals surface area contributed by atoms with E-state index in [1.54, 1.807) is 6.92 Å². The van der Waals surface area contributed by atoms with Crippen LogP contribution in [0.4, 0.5) is 8.78 Å². The fraction of sp³-hybridized carbons (Fsp3) is 0.333. The van der Waals surface area contributed by atoms with E-state index in [1.807, 2.05) is 0 Å². The maximum atomic E-state index is 13.3. The van der Waals surface area contributed by atoms with Gasteiger partial charge in [0.15, 0.2) is 0 Å². The lowest BCUT2D eigenvalue weighted by Gasteiger charge is -2.16. The first-order valence-electron chi connectivity index (χ1n) is 5.31. The maximum absolute atomic E-state index is 13.3. The number of hydrogen-bond donors (Lipinski definition) is 0. The SMILES string of the molecule is CCOC(=O)CN(C)C(=O)c1cc(F)ccc1F. The van der Waals surface area contributed by atoms with E-state index >= 15 is 0 Å². The zero-order chi connectivity index (χ0) is 13.7. The van der Waals surface area contributed by atoms with E-state index in [0.29, 0.717) is 0 Å². The first-order valence-corrected chi connectivity index (χ1v) is 5.31. The van der Waals surface area contributed by atoms with Gasteiger partial charge < -0.3 is 9.64 Å². The topological polar surface area (TPSA) is 46.6 Å². The Bertz CT molecular complexity index is 463. The lowest BCUT2D eigenvalue weighted by Crippen LogP contribution is -2.33. The molecule has 0 fully saturated rings. The van der Waals surface area contributed by atoms with E-state index in [4.69, 9.17) is 0 Å². The van der Waals surface area contributed by atoms with Crippen LogP contribution in [0.3, 0.4) is 0 Å². The first-order chi connectivity index (χ1) is 8.45. The number of amides is 1. The molecule has 1 rings (SSSR count). The van der Waals surface area contributed by atoms with Gasteiger partial charge >= 0.3 is 5.97 Å². The highest BCUT2D eigenvalue weighted by atomic mass is 19.1. The zero-order valence-corrected chi connectivity index (χ0v) is 10.1. The van der Waals surface area contributed by atoms with E-state index in [0.717, 1.165) is 23.1 Å². The number of halogens is 2. The van der Waals surface area contributed by atoms with Gasteiger partial charge in [-0.1, -0.05) is 0 Å². The molecule has 0 spiro atoms. The van der Waals surface area contributed by atoms with Crippen LogP contribution in [0.2, 0.25) is 0 Å². The van der Waals surface area contributed by atoms with Crippen molar-refractivity contribution in [1.82, 2.24) is 4.90 Å². The van der Waals surface area contributed by atoms with Gasteiger partial charge in [0.05, 0.1) is 12.2 Å². The lowest BCUT2D eigenvalue weighted by atomic mass is 10.2. The monoisotopic (exact) mass is 257 g/mol. The van der Waals surface area contributed by atoms with Crippen molar-refractivity contribution in [3.05, 3.63) is 35.4 Å². The molecule has 0 N–H and O–H groups in total. The van der Waals surface area contributed by atoms with Gasteiger partial charge in [-0.15, -0.1) is 0 Å². The Morgan fingerprint density at radius 1 is 1.33 bits per heavy atom. The largest absolute Gasteiger partial charge is 0.465 e. The molecule has 0 atom stereocenters. The van der Waals surface area contributed by atoms with Crippen molar-refractivity contribution in [2.45, 2.75) is 6.92 Å². The van der Waals surface area contributed by atoms with E-state index in [9.17, 15) is 18.4 Å². The van der Waals surface area contributed by atoms with Crippen molar-refractivity contribution in [3.63, 3.8) is 0 Å². The Kier molecular flexibility index (Phi) is 4.76. The summed E-state index contributed by atoms with van der Waals surface area (Å²) in [5.41, 5.74) is -0.415. The third-order valence-corrected chi connectivity index (χ3v) is 2.18. The Labute approximate surface area is 103 Å². The average Bonchev–Trinajstić information content (AvgIpc) is 2.31. The Morgan fingerprint density at radius 3 is 2.61 bits per heavy atom. The summed E-state index contributed by atoms with van der Waals surface area (Å²) in [5.74, 6) is -2.94. The highest BCUT2D eigenvalue weighted by Gasteiger charge is 2.19. The summed E-state index contributed by atoms with van der Waals surface area (Å²) >= 11 is 0. The maximum Gasteiger partial charge on any atom is 0.325 e. The minimum absolute atomic E-state index is 0.190. The molecule has 0 heterocycles. The minimum Gasteiger partial charge on any atom is -0.465 e. The van der Waals surface area contributed by atoms with Crippen LogP contribution in [-0.2, 0) is 9.53 Å². The molecule has 0 aliphatic heterocycles. The molecule has 0 saturated carbocycles. The minimum atomic E-state index is -0.836. The molecule has 0 saturated heterocycles. The van der Waals surface area contributed by atoms with E-state index < -0.39 is 29.1 Å². The van der Waals surface area contributed by atoms with Crippen LogP contribution < -0.4 is 0 Å². The van der Waals surface area contributed by atoms with E-state index in [-0.39, 0.29) is 13.2 Å². The van der Waals surface area contributed by atoms with Crippen LogP contribution in [-0.4, -0.2) is 37.0 Å². The van der Waals surface area contributed by atoms with Gasteiger partial charge in [-0.3, -0.25) is 9.59 Å².